The minimum absolute atomic E-state index is 0.218. The zero-order chi connectivity index (χ0) is 11.6. The van der Waals surface area contributed by atoms with Gasteiger partial charge < -0.3 is 5.73 Å². The molecule has 0 amide bonds. The lowest BCUT2D eigenvalue weighted by atomic mass is 9.82. The maximum Gasteiger partial charge on any atom is 0.0352 e. The van der Waals surface area contributed by atoms with E-state index in [-0.39, 0.29) is 5.54 Å². The third-order valence-electron chi connectivity index (χ3n) is 3.71. The minimum atomic E-state index is -0.218. The average molecular weight is 217 g/mol. The molecular weight excluding hydrogens is 194 g/mol. The molecular formula is C15H23N. The van der Waals surface area contributed by atoms with Crippen molar-refractivity contribution >= 4 is 0 Å². The summed E-state index contributed by atoms with van der Waals surface area (Å²) in [7, 11) is 0. The van der Waals surface area contributed by atoms with E-state index in [1.165, 1.54) is 43.2 Å². The molecule has 0 saturated heterocycles. The molecule has 1 aliphatic carbocycles. The van der Waals surface area contributed by atoms with E-state index in [0.29, 0.717) is 0 Å². The number of benzene rings is 1. The Morgan fingerprint density at radius 3 is 2.44 bits per heavy atom. The second-order valence-electron chi connectivity index (χ2n) is 5.68. The average Bonchev–Trinajstić information content (AvgIpc) is 2.29. The lowest BCUT2D eigenvalue weighted by Crippen LogP contribution is -2.28. The van der Waals surface area contributed by atoms with E-state index >= 15 is 0 Å². The van der Waals surface area contributed by atoms with Gasteiger partial charge in [-0.2, -0.15) is 0 Å². The van der Waals surface area contributed by atoms with E-state index in [9.17, 15) is 0 Å². The van der Waals surface area contributed by atoms with E-state index < -0.39 is 0 Å². The third-order valence-corrected chi connectivity index (χ3v) is 3.71. The zero-order valence-electron chi connectivity index (χ0n) is 10.5. The molecule has 1 aliphatic rings. The summed E-state index contributed by atoms with van der Waals surface area (Å²) in [5.41, 5.74) is 8.69. The largest absolute Gasteiger partial charge is 0.322 e. The van der Waals surface area contributed by atoms with Crippen LogP contribution in [0.25, 0.3) is 0 Å². The van der Waals surface area contributed by atoms with Gasteiger partial charge in [0.25, 0.3) is 0 Å². The van der Waals surface area contributed by atoms with Crippen LogP contribution in [0.5, 0.6) is 0 Å². The Hall–Kier alpha value is -0.820. The molecule has 0 aromatic heterocycles. The summed E-state index contributed by atoms with van der Waals surface area (Å²) in [5, 5.41) is 0. The van der Waals surface area contributed by atoms with Gasteiger partial charge in [0.15, 0.2) is 0 Å². The van der Waals surface area contributed by atoms with Gasteiger partial charge in [-0.05, 0) is 43.7 Å². The van der Waals surface area contributed by atoms with Gasteiger partial charge in [-0.25, -0.2) is 0 Å². The Kier molecular flexibility index (Phi) is 3.34. The van der Waals surface area contributed by atoms with Crippen LogP contribution in [0.1, 0.15) is 63.0 Å². The van der Waals surface area contributed by atoms with Crippen molar-refractivity contribution in [3.8, 4) is 0 Å². The molecule has 0 radical (unpaired) electrons. The first-order valence-electron chi connectivity index (χ1n) is 6.47. The highest BCUT2D eigenvalue weighted by atomic mass is 14.7. The number of nitrogens with two attached hydrogens (primary N) is 1. The quantitative estimate of drug-likeness (QED) is 0.798. The lowest BCUT2D eigenvalue weighted by molar-refractivity contribution is 0.442. The summed E-state index contributed by atoms with van der Waals surface area (Å²) >= 11 is 0. The lowest BCUT2D eigenvalue weighted by Gasteiger charge is -2.25. The molecule has 88 valence electrons. The monoisotopic (exact) mass is 217 g/mol. The van der Waals surface area contributed by atoms with Gasteiger partial charge in [0.2, 0.25) is 0 Å². The molecule has 1 heteroatoms. The number of hydrogen-bond donors (Lipinski definition) is 1. The molecule has 0 heterocycles. The fraction of sp³-hybridized carbons (Fsp3) is 0.600. The van der Waals surface area contributed by atoms with Crippen molar-refractivity contribution in [3.05, 3.63) is 35.4 Å². The molecule has 1 fully saturated rings. The van der Waals surface area contributed by atoms with E-state index in [0.717, 1.165) is 5.92 Å². The van der Waals surface area contributed by atoms with Gasteiger partial charge in [-0.15, -0.1) is 0 Å². The normalized spacial score (nSPS) is 18.7. The number of hydrogen-bond acceptors (Lipinski definition) is 1. The first-order chi connectivity index (χ1) is 7.57. The maximum absolute atomic E-state index is 6.16. The van der Waals surface area contributed by atoms with Crippen molar-refractivity contribution in [1.82, 2.24) is 0 Å². The highest BCUT2D eigenvalue weighted by Crippen LogP contribution is 2.33. The van der Waals surface area contributed by atoms with Crippen LogP contribution in [0.2, 0.25) is 0 Å². The smallest absolute Gasteiger partial charge is 0.0352 e. The van der Waals surface area contributed by atoms with Crippen LogP contribution in [-0.4, -0.2) is 0 Å². The summed E-state index contributed by atoms with van der Waals surface area (Å²) in [4.78, 5) is 0. The van der Waals surface area contributed by atoms with Crippen LogP contribution in [0.4, 0.5) is 0 Å². The van der Waals surface area contributed by atoms with Gasteiger partial charge in [-0.1, -0.05) is 43.5 Å². The molecule has 1 aromatic carbocycles. The minimum Gasteiger partial charge on any atom is -0.322 e. The van der Waals surface area contributed by atoms with Gasteiger partial charge >= 0.3 is 0 Å². The fourth-order valence-electron chi connectivity index (χ4n) is 2.63. The van der Waals surface area contributed by atoms with E-state index in [1.807, 2.05) is 0 Å². The van der Waals surface area contributed by atoms with Crippen LogP contribution in [0, 0.1) is 0 Å². The third kappa shape index (κ3) is 2.65. The SMILES string of the molecule is CC(C)(N)c1cccc(C2CCCCC2)c1. The predicted octanol–water partition coefficient (Wildman–Crippen LogP) is 3.93. The Morgan fingerprint density at radius 2 is 1.81 bits per heavy atom. The summed E-state index contributed by atoms with van der Waals surface area (Å²) in [6.45, 7) is 4.15. The molecule has 0 bridgehead atoms. The molecule has 1 nitrogen and oxygen atoms in total. The second-order valence-corrected chi connectivity index (χ2v) is 5.68. The standard InChI is InChI=1S/C15H23N/c1-15(2,16)14-10-6-9-13(11-14)12-7-4-3-5-8-12/h6,9-12H,3-5,7-8,16H2,1-2H3. The molecule has 1 aromatic rings. The van der Waals surface area contributed by atoms with Crippen LogP contribution >= 0.6 is 0 Å². The Labute approximate surface area is 99.0 Å². The van der Waals surface area contributed by atoms with Crippen molar-refractivity contribution in [1.29, 1.82) is 0 Å². The highest BCUT2D eigenvalue weighted by molar-refractivity contribution is 5.30. The number of rotatable bonds is 2. The molecule has 0 unspecified atom stereocenters. The Bertz CT molecular complexity index is 343. The first-order valence-corrected chi connectivity index (χ1v) is 6.47. The van der Waals surface area contributed by atoms with Crippen molar-refractivity contribution in [3.63, 3.8) is 0 Å². The van der Waals surface area contributed by atoms with Gasteiger partial charge in [0.05, 0.1) is 0 Å². The molecule has 0 aliphatic heterocycles. The van der Waals surface area contributed by atoms with Gasteiger partial charge in [-0.3, -0.25) is 0 Å². The Morgan fingerprint density at radius 1 is 1.12 bits per heavy atom. The van der Waals surface area contributed by atoms with Gasteiger partial charge in [0.1, 0.15) is 0 Å². The van der Waals surface area contributed by atoms with Crippen LogP contribution in [-0.2, 0) is 5.54 Å². The van der Waals surface area contributed by atoms with Crippen molar-refractivity contribution in [2.24, 2.45) is 5.73 Å². The van der Waals surface area contributed by atoms with Gasteiger partial charge in [0, 0.05) is 5.54 Å². The maximum atomic E-state index is 6.16. The highest BCUT2D eigenvalue weighted by Gasteiger charge is 2.18. The fourth-order valence-corrected chi connectivity index (χ4v) is 2.63. The topological polar surface area (TPSA) is 26.0 Å². The molecule has 2 rings (SSSR count). The van der Waals surface area contributed by atoms with Crippen LogP contribution in [0.15, 0.2) is 24.3 Å². The summed E-state index contributed by atoms with van der Waals surface area (Å²) < 4.78 is 0. The molecule has 0 atom stereocenters. The van der Waals surface area contributed by atoms with Crippen molar-refractivity contribution in [2.45, 2.75) is 57.4 Å². The molecule has 0 spiro atoms. The summed E-state index contributed by atoms with van der Waals surface area (Å²) in [6.07, 6.45) is 6.91. The Balaban J connectivity index is 2.21. The second kappa shape index (κ2) is 4.58. The first kappa shape index (κ1) is 11.7. The van der Waals surface area contributed by atoms with E-state index in [4.69, 9.17) is 5.73 Å². The van der Waals surface area contributed by atoms with Crippen molar-refractivity contribution in [2.75, 3.05) is 0 Å². The van der Waals surface area contributed by atoms with E-state index in [2.05, 4.69) is 38.1 Å². The van der Waals surface area contributed by atoms with Crippen LogP contribution < -0.4 is 5.73 Å². The zero-order valence-corrected chi connectivity index (χ0v) is 10.5. The predicted molar refractivity (Wildman–Crippen MR) is 69.5 cm³/mol. The summed E-state index contributed by atoms with van der Waals surface area (Å²) in [5.74, 6) is 0.774. The molecule has 2 N–H and O–H groups in total. The summed E-state index contributed by atoms with van der Waals surface area (Å²) in [6, 6.07) is 8.89. The molecule has 16 heavy (non-hydrogen) atoms. The van der Waals surface area contributed by atoms with Crippen molar-refractivity contribution < 1.29 is 0 Å². The van der Waals surface area contributed by atoms with E-state index in [1.54, 1.807) is 0 Å². The molecule has 1 saturated carbocycles. The van der Waals surface area contributed by atoms with Crippen LogP contribution in [0.3, 0.4) is 0 Å².